The third-order valence-corrected chi connectivity index (χ3v) is 15.1. The van der Waals surface area contributed by atoms with Crippen molar-refractivity contribution in [3.63, 3.8) is 0 Å². The molecule has 5 nitrogen and oxygen atoms in total. The first-order chi connectivity index (χ1) is 20.6. The molecule has 6 heteroatoms. The van der Waals surface area contributed by atoms with Crippen LogP contribution in [0.3, 0.4) is 0 Å². The average molecular weight is 613 g/mol. The second kappa shape index (κ2) is 12.9. The number of unbranched alkanes of at least 4 members (excludes halogenated alkanes) is 1. The zero-order valence-electron chi connectivity index (χ0n) is 27.8. The molecular weight excluding hydrogens is 552 g/mol. The van der Waals surface area contributed by atoms with E-state index in [9.17, 15) is 9.59 Å². The maximum atomic E-state index is 12.8. The molecule has 6 rings (SSSR count). The summed E-state index contributed by atoms with van der Waals surface area (Å²) in [6.07, 6.45) is 20.5. The fraction of sp³-hybridized carbons (Fsp3) is 0.892. The molecule has 0 aromatic carbocycles. The van der Waals surface area contributed by atoms with Crippen molar-refractivity contribution < 1.29 is 14.3 Å². The van der Waals surface area contributed by atoms with Gasteiger partial charge in [0.1, 0.15) is 6.10 Å². The van der Waals surface area contributed by atoms with Gasteiger partial charge in [0.05, 0.1) is 12.1 Å². The van der Waals surface area contributed by atoms with Gasteiger partial charge in [0, 0.05) is 23.8 Å². The lowest BCUT2D eigenvalue weighted by Gasteiger charge is -2.58. The molecule has 242 valence electrons. The van der Waals surface area contributed by atoms with Crippen molar-refractivity contribution in [2.24, 2.45) is 46.3 Å². The Morgan fingerprint density at radius 3 is 2.67 bits per heavy atom. The number of amides is 2. The number of ether oxygens (including phenoxy) is 1. The van der Waals surface area contributed by atoms with E-state index in [0.29, 0.717) is 22.5 Å². The van der Waals surface area contributed by atoms with Crippen molar-refractivity contribution in [3.05, 3.63) is 11.6 Å². The largest absolute Gasteiger partial charge is 0.462 e. The summed E-state index contributed by atoms with van der Waals surface area (Å²) in [7, 11) is 0. The molecule has 6 aliphatic rings. The van der Waals surface area contributed by atoms with E-state index in [4.69, 9.17) is 4.74 Å². The molecule has 0 aromatic heterocycles. The smallest absolute Gasteiger partial charge is 0.315 e. The van der Waals surface area contributed by atoms with Crippen LogP contribution in [0, 0.1) is 46.3 Å². The van der Waals surface area contributed by atoms with Crippen molar-refractivity contribution in [1.29, 1.82) is 0 Å². The molecule has 5 fully saturated rings. The Morgan fingerprint density at radius 1 is 1.02 bits per heavy atom. The standard InChI is InChI=1S/C37H60N2O3S/c1-23(2)9-8-10-24(3)28-15-16-29-27-14-13-25-21-26(17-19-36(25,4)30(27)18-20-37(28,29)5)42-33(40)12-7-6-11-32-34-31(22-43-32)38-35(41)39-34/h13,23-24,26-32,34H,6-12,14-22H2,1-5H3,(H2,38,39,41). The molecule has 0 spiro atoms. The van der Waals surface area contributed by atoms with Crippen LogP contribution in [0.2, 0.25) is 0 Å². The highest BCUT2D eigenvalue weighted by Crippen LogP contribution is 2.67. The van der Waals surface area contributed by atoms with Gasteiger partial charge >= 0.3 is 12.0 Å². The molecule has 11 unspecified atom stereocenters. The lowest BCUT2D eigenvalue weighted by atomic mass is 9.47. The monoisotopic (exact) mass is 612 g/mol. The lowest BCUT2D eigenvalue weighted by molar-refractivity contribution is -0.151. The van der Waals surface area contributed by atoms with Gasteiger partial charge in [-0.1, -0.05) is 72.0 Å². The van der Waals surface area contributed by atoms with Gasteiger partial charge in [0.15, 0.2) is 0 Å². The van der Waals surface area contributed by atoms with Gasteiger partial charge < -0.3 is 15.4 Å². The third-order valence-electron chi connectivity index (χ3n) is 13.6. The number of thioether (sulfide) groups is 1. The van der Waals surface area contributed by atoms with Crippen molar-refractivity contribution in [1.82, 2.24) is 10.6 Å². The number of fused-ring (bicyclic) bond motifs is 6. The lowest BCUT2D eigenvalue weighted by Crippen LogP contribution is -2.51. The minimum absolute atomic E-state index is 0.0105. The highest BCUT2D eigenvalue weighted by molar-refractivity contribution is 8.00. The van der Waals surface area contributed by atoms with Crippen molar-refractivity contribution >= 4 is 23.8 Å². The quantitative estimate of drug-likeness (QED) is 0.106. The number of carbonyl (C=O) groups is 2. The first-order valence-electron chi connectivity index (χ1n) is 18.2. The average Bonchev–Trinajstić information content (AvgIpc) is 3.62. The molecule has 43 heavy (non-hydrogen) atoms. The van der Waals surface area contributed by atoms with Crippen LogP contribution >= 0.6 is 11.8 Å². The summed E-state index contributed by atoms with van der Waals surface area (Å²) in [4.78, 5) is 24.5. The molecule has 2 N–H and O–H groups in total. The number of rotatable bonds is 11. The van der Waals surface area contributed by atoms with Gasteiger partial charge in [-0.2, -0.15) is 11.8 Å². The number of urea groups is 1. The minimum atomic E-state index is -0.0252. The Balaban J connectivity index is 0.979. The highest BCUT2D eigenvalue weighted by Gasteiger charge is 2.59. The number of hydrogen-bond acceptors (Lipinski definition) is 4. The van der Waals surface area contributed by atoms with Crippen LogP contribution < -0.4 is 10.6 Å². The molecule has 2 amide bonds. The molecule has 2 heterocycles. The minimum Gasteiger partial charge on any atom is -0.462 e. The second-order valence-corrected chi connectivity index (χ2v) is 17.8. The fourth-order valence-electron chi connectivity index (χ4n) is 11.3. The molecule has 0 aromatic rings. The van der Waals surface area contributed by atoms with E-state index in [0.717, 1.165) is 73.4 Å². The van der Waals surface area contributed by atoms with Crippen molar-refractivity contribution in [2.75, 3.05) is 5.75 Å². The number of carbonyl (C=O) groups excluding carboxylic acids is 2. The second-order valence-electron chi connectivity index (χ2n) is 16.5. The Morgan fingerprint density at radius 2 is 1.86 bits per heavy atom. The van der Waals surface area contributed by atoms with Crippen LogP contribution in [0.25, 0.3) is 0 Å². The van der Waals surface area contributed by atoms with E-state index in [1.54, 1.807) is 5.57 Å². The summed E-state index contributed by atoms with van der Waals surface area (Å²) in [5, 5.41) is 6.55. The van der Waals surface area contributed by atoms with Gasteiger partial charge in [0.25, 0.3) is 0 Å². The van der Waals surface area contributed by atoms with E-state index in [1.165, 1.54) is 57.8 Å². The molecule has 4 aliphatic carbocycles. The van der Waals surface area contributed by atoms with Crippen LogP contribution in [-0.2, 0) is 9.53 Å². The highest BCUT2D eigenvalue weighted by atomic mass is 32.2. The summed E-state index contributed by atoms with van der Waals surface area (Å²) in [5.41, 5.74) is 2.44. The molecule has 11 atom stereocenters. The van der Waals surface area contributed by atoms with Crippen LogP contribution in [0.5, 0.6) is 0 Å². The predicted octanol–water partition coefficient (Wildman–Crippen LogP) is 8.67. The van der Waals surface area contributed by atoms with Crippen LogP contribution in [-0.4, -0.2) is 41.2 Å². The van der Waals surface area contributed by atoms with Crippen molar-refractivity contribution in [2.45, 2.75) is 154 Å². The van der Waals surface area contributed by atoms with Crippen LogP contribution in [0.4, 0.5) is 4.79 Å². The topological polar surface area (TPSA) is 67.4 Å². The summed E-state index contributed by atoms with van der Waals surface area (Å²) in [6, 6.07) is 0.498. The maximum Gasteiger partial charge on any atom is 0.315 e. The Kier molecular flexibility index (Phi) is 9.55. The molecule has 2 aliphatic heterocycles. The first-order valence-corrected chi connectivity index (χ1v) is 19.2. The summed E-state index contributed by atoms with van der Waals surface area (Å²) < 4.78 is 6.10. The first kappa shape index (κ1) is 31.8. The SMILES string of the molecule is CC(C)CCCC(C)C1CCC2C3CC=C4CC(OC(=O)CCCCC5SCC6NC(=O)NC65)CCC4(C)C3CCC12C. The molecular formula is C37H60N2O3S. The van der Waals surface area contributed by atoms with Gasteiger partial charge in [-0.3, -0.25) is 4.79 Å². The Labute approximate surface area is 266 Å². The number of hydrogen-bond donors (Lipinski definition) is 2. The van der Waals surface area contributed by atoms with Gasteiger partial charge in [0.2, 0.25) is 0 Å². The molecule has 0 radical (unpaired) electrons. The summed E-state index contributed by atoms with van der Waals surface area (Å²) >= 11 is 1.95. The van der Waals surface area contributed by atoms with E-state index >= 15 is 0 Å². The Bertz CT molecular complexity index is 1060. The van der Waals surface area contributed by atoms with Crippen LogP contribution in [0.15, 0.2) is 11.6 Å². The Hall–Kier alpha value is -1.17. The molecule has 2 saturated heterocycles. The summed E-state index contributed by atoms with van der Waals surface area (Å²) in [6.45, 7) is 12.6. The molecule has 3 saturated carbocycles. The number of esters is 1. The predicted molar refractivity (Wildman–Crippen MR) is 177 cm³/mol. The van der Waals surface area contributed by atoms with E-state index in [2.05, 4.69) is 51.3 Å². The van der Waals surface area contributed by atoms with Crippen LogP contribution in [0.1, 0.15) is 131 Å². The summed E-state index contributed by atoms with van der Waals surface area (Å²) in [5.74, 6) is 6.13. The third kappa shape index (κ3) is 6.30. The number of allylic oxidation sites excluding steroid dienone is 1. The van der Waals surface area contributed by atoms with E-state index in [-0.39, 0.29) is 30.2 Å². The fourth-order valence-corrected chi connectivity index (χ4v) is 12.8. The van der Waals surface area contributed by atoms with E-state index < -0.39 is 0 Å². The van der Waals surface area contributed by atoms with Gasteiger partial charge in [-0.25, -0.2) is 4.79 Å². The zero-order chi connectivity index (χ0) is 30.4. The van der Waals surface area contributed by atoms with E-state index in [1.807, 2.05) is 11.8 Å². The van der Waals surface area contributed by atoms with Gasteiger partial charge in [-0.15, -0.1) is 0 Å². The van der Waals surface area contributed by atoms with Gasteiger partial charge in [-0.05, 0) is 104 Å². The van der Waals surface area contributed by atoms with Crippen molar-refractivity contribution in [3.8, 4) is 0 Å². The normalized spacial score (nSPS) is 42.3. The zero-order valence-corrected chi connectivity index (χ0v) is 28.6. The molecule has 0 bridgehead atoms. The maximum absolute atomic E-state index is 12.8. The number of nitrogens with one attached hydrogen (secondary N) is 2.